The molecule has 4 heteroatoms. The van der Waals surface area contributed by atoms with Crippen molar-refractivity contribution in [3.05, 3.63) is 47.5 Å². The van der Waals surface area contributed by atoms with Crippen LogP contribution in [0.3, 0.4) is 0 Å². The highest BCUT2D eigenvalue weighted by Gasteiger charge is 2.09. The summed E-state index contributed by atoms with van der Waals surface area (Å²) >= 11 is 0. The van der Waals surface area contributed by atoms with E-state index in [0.29, 0.717) is 0 Å². The van der Waals surface area contributed by atoms with Crippen molar-refractivity contribution in [3.63, 3.8) is 0 Å². The van der Waals surface area contributed by atoms with Gasteiger partial charge in [0.15, 0.2) is 0 Å². The highest BCUT2D eigenvalue weighted by molar-refractivity contribution is 5.37. The summed E-state index contributed by atoms with van der Waals surface area (Å²) < 4.78 is 7.54. The van der Waals surface area contributed by atoms with E-state index in [4.69, 9.17) is 10.5 Å². The Balaban J connectivity index is 2.26. The minimum absolute atomic E-state index is 0.112. The van der Waals surface area contributed by atoms with Crippen molar-refractivity contribution in [3.8, 4) is 5.75 Å². The maximum atomic E-state index is 5.85. The molecule has 0 fully saturated rings. The summed E-state index contributed by atoms with van der Waals surface area (Å²) in [6, 6.07) is 6.32. The summed E-state index contributed by atoms with van der Waals surface area (Å²) in [5.74, 6) is 1.92. The Bertz CT molecular complexity index is 546. The number of methoxy groups -OCH3 is 1. The third-order valence-corrected chi connectivity index (χ3v) is 3.08. The fraction of sp³-hybridized carbons (Fsp3) is 0.400. The molecule has 2 aromatic rings. The number of rotatable bonds is 5. The van der Waals surface area contributed by atoms with Gasteiger partial charge in [-0.3, -0.25) is 0 Å². The fourth-order valence-electron chi connectivity index (χ4n) is 2.18. The lowest BCUT2D eigenvalue weighted by Crippen LogP contribution is -2.20. The Morgan fingerprint density at radius 3 is 2.89 bits per heavy atom. The zero-order valence-electron chi connectivity index (χ0n) is 11.8. The second-order valence-corrected chi connectivity index (χ2v) is 4.97. The van der Waals surface area contributed by atoms with E-state index < -0.39 is 0 Å². The molecule has 0 radical (unpaired) electrons. The minimum Gasteiger partial charge on any atom is -0.496 e. The van der Waals surface area contributed by atoms with Gasteiger partial charge in [-0.1, -0.05) is 17.7 Å². The van der Waals surface area contributed by atoms with Crippen LogP contribution in [0.1, 0.15) is 23.9 Å². The van der Waals surface area contributed by atoms with Crippen LogP contribution in [0.25, 0.3) is 0 Å². The van der Waals surface area contributed by atoms with Crippen LogP contribution in [0.2, 0.25) is 0 Å². The largest absolute Gasteiger partial charge is 0.496 e. The Morgan fingerprint density at radius 1 is 1.42 bits per heavy atom. The van der Waals surface area contributed by atoms with Crippen molar-refractivity contribution in [1.29, 1.82) is 0 Å². The molecule has 1 unspecified atom stereocenters. The van der Waals surface area contributed by atoms with Gasteiger partial charge in [-0.25, -0.2) is 4.98 Å². The Kier molecular flexibility index (Phi) is 4.22. The van der Waals surface area contributed by atoms with Crippen molar-refractivity contribution in [2.24, 2.45) is 5.73 Å². The number of benzene rings is 1. The van der Waals surface area contributed by atoms with Gasteiger partial charge in [0.2, 0.25) is 0 Å². The van der Waals surface area contributed by atoms with Crippen LogP contribution in [0.15, 0.2) is 30.6 Å². The van der Waals surface area contributed by atoms with Crippen LogP contribution in [0.4, 0.5) is 0 Å². The number of nitrogens with two attached hydrogens (primary N) is 1. The van der Waals surface area contributed by atoms with Gasteiger partial charge in [-0.2, -0.15) is 0 Å². The first-order valence-corrected chi connectivity index (χ1v) is 6.49. The molecule has 0 saturated carbocycles. The molecule has 4 nitrogen and oxygen atoms in total. The van der Waals surface area contributed by atoms with Crippen LogP contribution in [-0.2, 0) is 13.0 Å². The first kappa shape index (κ1) is 13.6. The molecule has 0 aliphatic carbocycles. The molecule has 2 N–H and O–H groups in total. The van der Waals surface area contributed by atoms with Crippen LogP contribution >= 0.6 is 0 Å². The lowest BCUT2D eigenvalue weighted by molar-refractivity contribution is 0.408. The van der Waals surface area contributed by atoms with E-state index in [2.05, 4.69) is 28.6 Å². The van der Waals surface area contributed by atoms with Gasteiger partial charge in [0, 0.05) is 30.4 Å². The molecule has 0 aliphatic rings. The molecular formula is C15H21N3O. The summed E-state index contributed by atoms with van der Waals surface area (Å²) in [7, 11) is 1.70. The van der Waals surface area contributed by atoms with E-state index >= 15 is 0 Å². The van der Waals surface area contributed by atoms with E-state index in [1.54, 1.807) is 7.11 Å². The third-order valence-electron chi connectivity index (χ3n) is 3.08. The van der Waals surface area contributed by atoms with E-state index in [0.717, 1.165) is 30.1 Å². The first-order chi connectivity index (χ1) is 9.10. The van der Waals surface area contributed by atoms with E-state index in [-0.39, 0.29) is 6.04 Å². The lowest BCUT2D eigenvalue weighted by Gasteiger charge is -2.13. The second-order valence-electron chi connectivity index (χ2n) is 4.97. The fourth-order valence-corrected chi connectivity index (χ4v) is 2.18. The number of aryl methyl sites for hydroxylation is 1. The number of ether oxygens (including phenoxy) is 1. The smallest absolute Gasteiger partial charge is 0.123 e. The van der Waals surface area contributed by atoms with Gasteiger partial charge in [0.25, 0.3) is 0 Å². The van der Waals surface area contributed by atoms with Gasteiger partial charge in [0.1, 0.15) is 11.6 Å². The maximum absolute atomic E-state index is 5.85. The van der Waals surface area contributed by atoms with Gasteiger partial charge < -0.3 is 15.0 Å². The predicted molar refractivity (Wildman–Crippen MR) is 76.4 cm³/mol. The van der Waals surface area contributed by atoms with Crippen molar-refractivity contribution >= 4 is 0 Å². The minimum atomic E-state index is 0.112. The molecule has 1 aromatic carbocycles. The number of imidazole rings is 1. The summed E-state index contributed by atoms with van der Waals surface area (Å²) in [5, 5.41) is 0. The molecule has 102 valence electrons. The quantitative estimate of drug-likeness (QED) is 0.895. The average Bonchev–Trinajstić information content (AvgIpc) is 2.76. The SMILES string of the molecule is COc1ccc(C)cc1Cn1ccnc1CC(C)N. The van der Waals surface area contributed by atoms with E-state index in [1.165, 1.54) is 5.56 Å². The van der Waals surface area contributed by atoms with Gasteiger partial charge in [-0.05, 0) is 19.9 Å². The Labute approximate surface area is 114 Å². The predicted octanol–water partition coefficient (Wildman–Crippen LogP) is 2.14. The molecule has 1 aromatic heterocycles. The Morgan fingerprint density at radius 2 is 2.21 bits per heavy atom. The van der Waals surface area contributed by atoms with Gasteiger partial charge >= 0.3 is 0 Å². The highest BCUT2D eigenvalue weighted by atomic mass is 16.5. The van der Waals surface area contributed by atoms with Crippen LogP contribution in [-0.4, -0.2) is 22.7 Å². The molecule has 1 heterocycles. The van der Waals surface area contributed by atoms with Crippen molar-refractivity contribution in [2.75, 3.05) is 7.11 Å². The van der Waals surface area contributed by atoms with Crippen LogP contribution in [0.5, 0.6) is 5.75 Å². The third kappa shape index (κ3) is 3.35. The molecule has 0 saturated heterocycles. The number of nitrogens with zero attached hydrogens (tertiary/aromatic N) is 2. The molecule has 2 rings (SSSR count). The zero-order chi connectivity index (χ0) is 13.8. The summed E-state index contributed by atoms with van der Waals surface area (Å²) in [6.07, 6.45) is 4.58. The molecule has 19 heavy (non-hydrogen) atoms. The zero-order valence-corrected chi connectivity index (χ0v) is 11.8. The van der Waals surface area contributed by atoms with Crippen molar-refractivity contribution < 1.29 is 4.74 Å². The van der Waals surface area contributed by atoms with E-state index in [1.807, 2.05) is 25.4 Å². The van der Waals surface area contributed by atoms with Gasteiger partial charge in [-0.15, -0.1) is 0 Å². The lowest BCUT2D eigenvalue weighted by atomic mass is 10.1. The Hall–Kier alpha value is -1.81. The van der Waals surface area contributed by atoms with Crippen molar-refractivity contribution in [2.45, 2.75) is 32.9 Å². The van der Waals surface area contributed by atoms with E-state index in [9.17, 15) is 0 Å². The monoisotopic (exact) mass is 259 g/mol. The number of hydrogen-bond donors (Lipinski definition) is 1. The molecular weight excluding hydrogens is 238 g/mol. The topological polar surface area (TPSA) is 53.1 Å². The molecule has 0 amide bonds. The standard InChI is InChI=1S/C15H21N3O/c1-11-4-5-14(19-3)13(8-11)10-18-7-6-17-15(18)9-12(2)16/h4-8,12H,9-10,16H2,1-3H3. The maximum Gasteiger partial charge on any atom is 0.123 e. The summed E-state index contributed by atoms with van der Waals surface area (Å²) in [5.41, 5.74) is 8.23. The average molecular weight is 259 g/mol. The van der Waals surface area contributed by atoms with Crippen LogP contribution in [0, 0.1) is 6.92 Å². The number of aromatic nitrogens is 2. The van der Waals surface area contributed by atoms with Gasteiger partial charge in [0.05, 0.1) is 13.7 Å². The molecule has 1 atom stereocenters. The normalized spacial score (nSPS) is 12.4. The highest BCUT2D eigenvalue weighted by Crippen LogP contribution is 2.21. The summed E-state index contributed by atoms with van der Waals surface area (Å²) in [4.78, 5) is 4.37. The molecule has 0 spiro atoms. The van der Waals surface area contributed by atoms with Crippen LogP contribution < -0.4 is 10.5 Å². The summed E-state index contributed by atoms with van der Waals surface area (Å²) in [6.45, 7) is 4.83. The first-order valence-electron chi connectivity index (χ1n) is 6.49. The molecule has 0 bridgehead atoms. The molecule has 0 aliphatic heterocycles. The second kappa shape index (κ2) is 5.89. The number of hydrogen-bond acceptors (Lipinski definition) is 3. The van der Waals surface area contributed by atoms with Crippen molar-refractivity contribution in [1.82, 2.24) is 9.55 Å².